The van der Waals surface area contributed by atoms with Crippen LogP contribution in [0.25, 0.3) is 0 Å². The summed E-state index contributed by atoms with van der Waals surface area (Å²) in [5.74, 6) is -1.56. The maximum absolute atomic E-state index is 12.2. The Bertz CT molecular complexity index is 482. The summed E-state index contributed by atoms with van der Waals surface area (Å²) in [5.41, 5.74) is -0.789. The highest BCUT2D eigenvalue weighted by molar-refractivity contribution is 5.89. The number of benzene rings is 1. The van der Waals surface area contributed by atoms with E-state index in [0.29, 0.717) is 25.2 Å². The maximum atomic E-state index is 12.2. The molecule has 1 aromatic carbocycles. The molecule has 0 bridgehead atoms. The fraction of sp³-hybridized carbons (Fsp3) is 0.467. The summed E-state index contributed by atoms with van der Waals surface area (Å²) >= 11 is 0. The molecular weight excluding hydrogens is 258 g/mol. The first-order valence-electron chi connectivity index (χ1n) is 6.79. The molecule has 0 unspecified atom stereocenters. The third-order valence-corrected chi connectivity index (χ3v) is 3.80. The zero-order valence-electron chi connectivity index (χ0n) is 11.5. The van der Waals surface area contributed by atoms with E-state index in [1.54, 1.807) is 31.2 Å². The van der Waals surface area contributed by atoms with Crippen molar-refractivity contribution in [2.24, 2.45) is 5.92 Å². The fourth-order valence-corrected chi connectivity index (χ4v) is 2.47. The van der Waals surface area contributed by atoms with Crippen molar-refractivity contribution in [1.82, 2.24) is 5.32 Å². The lowest BCUT2D eigenvalue weighted by molar-refractivity contribution is -0.149. The van der Waals surface area contributed by atoms with Gasteiger partial charge >= 0.3 is 5.97 Å². The second kappa shape index (κ2) is 6.05. The van der Waals surface area contributed by atoms with Gasteiger partial charge in [0, 0.05) is 6.61 Å². The van der Waals surface area contributed by atoms with E-state index in [1.807, 2.05) is 6.07 Å². The third kappa shape index (κ3) is 2.67. The molecule has 1 fully saturated rings. The van der Waals surface area contributed by atoms with Crippen molar-refractivity contribution in [2.75, 3.05) is 13.2 Å². The largest absolute Gasteiger partial charge is 0.479 e. The van der Waals surface area contributed by atoms with Gasteiger partial charge in [-0.15, -0.1) is 0 Å². The molecule has 2 rings (SSSR count). The van der Waals surface area contributed by atoms with Gasteiger partial charge in [-0.2, -0.15) is 0 Å². The number of carbonyl (C=O) groups is 2. The van der Waals surface area contributed by atoms with Gasteiger partial charge in [0.15, 0.2) is 5.54 Å². The molecule has 2 atom stereocenters. The van der Waals surface area contributed by atoms with E-state index in [1.165, 1.54) is 0 Å². The minimum atomic E-state index is -1.37. The SMILES string of the molecule is CC[C@](NC(=O)[C@H]1CCOC1)(C(=O)O)c1ccccc1. The molecule has 20 heavy (non-hydrogen) atoms. The van der Waals surface area contributed by atoms with Crippen LogP contribution in [0.15, 0.2) is 30.3 Å². The molecule has 0 aromatic heterocycles. The number of carbonyl (C=O) groups excluding carboxylic acids is 1. The van der Waals surface area contributed by atoms with Gasteiger partial charge in [-0.25, -0.2) is 4.79 Å². The van der Waals surface area contributed by atoms with Crippen molar-refractivity contribution < 1.29 is 19.4 Å². The molecule has 1 aliphatic heterocycles. The van der Waals surface area contributed by atoms with Crippen LogP contribution in [-0.4, -0.2) is 30.2 Å². The molecule has 0 saturated carbocycles. The molecule has 1 aliphatic rings. The molecule has 1 aromatic rings. The van der Waals surface area contributed by atoms with Crippen LogP contribution in [0, 0.1) is 5.92 Å². The Morgan fingerprint density at radius 1 is 1.40 bits per heavy atom. The first kappa shape index (κ1) is 14.5. The monoisotopic (exact) mass is 277 g/mol. The van der Waals surface area contributed by atoms with Crippen LogP contribution in [0.1, 0.15) is 25.3 Å². The minimum Gasteiger partial charge on any atom is -0.479 e. The van der Waals surface area contributed by atoms with Crippen LogP contribution < -0.4 is 5.32 Å². The normalized spacial score (nSPS) is 21.1. The molecule has 0 radical (unpaired) electrons. The smallest absolute Gasteiger partial charge is 0.334 e. The van der Waals surface area contributed by atoms with E-state index in [4.69, 9.17) is 4.74 Å². The van der Waals surface area contributed by atoms with E-state index in [0.717, 1.165) is 0 Å². The number of amides is 1. The highest BCUT2D eigenvalue weighted by Crippen LogP contribution is 2.27. The zero-order valence-corrected chi connectivity index (χ0v) is 11.5. The Morgan fingerprint density at radius 3 is 2.60 bits per heavy atom. The molecule has 2 N–H and O–H groups in total. The summed E-state index contributed by atoms with van der Waals surface area (Å²) in [5, 5.41) is 12.3. The number of hydrogen-bond donors (Lipinski definition) is 2. The summed E-state index contributed by atoms with van der Waals surface area (Å²) < 4.78 is 5.18. The minimum absolute atomic E-state index is 0.254. The summed E-state index contributed by atoms with van der Waals surface area (Å²) in [4.78, 5) is 24.0. The Balaban J connectivity index is 2.27. The molecule has 108 valence electrons. The van der Waals surface area contributed by atoms with Gasteiger partial charge in [0.1, 0.15) is 0 Å². The number of carboxylic acids is 1. The summed E-state index contributed by atoms with van der Waals surface area (Å²) in [7, 11) is 0. The van der Waals surface area contributed by atoms with E-state index in [2.05, 4.69) is 5.32 Å². The maximum Gasteiger partial charge on any atom is 0.334 e. The summed E-state index contributed by atoms with van der Waals surface area (Å²) in [6.07, 6.45) is 0.922. The van der Waals surface area contributed by atoms with Crippen LogP contribution >= 0.6 is 0 Å². The lowest BCUT2D eigenvalue weighted by Gasteiger charge is -2.31. The fourth-order valence-electron chi connectivity index (χ4n) is 2.47. The van der Waals surface area contributed by atoms with Crippen molar-refractivity contribution in [2.45, 2.75) is 25.3 Å². The zero-order chi connectivity index (χ0) is 14.6. The van der Waals surface area contributed by atoms with Gasteiger partial charge in [0.2, 0.25) is 5.91 Å². The number of ether oxygens (including phenoxy) is 1. The van der Waals surface area contributed by atoms with Crippen molar-refractivity contribution >= 4 is 11.9 Å². The van der Waals surface area contributed by atoms with Crippen LogP contribution in [-0.2, 0) is 19.9 Å². The summed E-state index contributed by atoms with van der Waals surface area (Å²) in [6.45, 7) is 2.67. The van der Waals surface area contributed by atoms with E-state index in [9.17, 15) is 14.7 Å². The Hall–Kier alpha value is -1.88. The Kier molecular flexibility index (Phi) is 4.39. The highest BCUT2D eigenvalue weighted by Gasteiger charge is 2.41. The summed E-state index contributed by atoms with van der Waals surface area (Å²) in [6, 6.07) is 8.81. The van der Waals surface area contributed by atoms with Gasteiger partial charge in [0.25, 0.3) is 0 Å². The topological polar surface area (TPSA) is 75.6 Å². The quantitative estimate of drug-likeness (QED) is 0.855. The molecule has 1 heterocycles. The van der Waals surface area contributed by atoms with Crippen LogP contribution in [0.2, 0.25) is 0 Å². The predicted molar refractivity (Wildman–Crippen MR) is 73.1 cm³/mol. The van der Waals surface area contributed by atoms with Gasteiger partial charge < -0.3 is 15.2 Å². The van der Waals surface area contributed by atoms with Crippen LogP contribution in [0.4, 0.5) is 0 Å². The predicted octanol–water partition coefficient (Wildman–Crippen LogP) is 1.53. The van der Waals surface area contributed by atoms with E-state index >= 15 is 0 Å². The number of rotatable bonds is 5. The van der Waals surface area contributed by atoms with Gasteiger partial charge in [0.05, 0.1) is 12.5 Å². The molecule has 5 heteroatoms. The number of carboxylic acid groups (broad SMARTS) is 1. The van der Waals surface area contributed by atoms with Crippen molar-refractivity contribution in [1.29, 1.82) is 0 Å². The highest BCUT2D eigenvalue weighted by atomic mass is 16.5. The number of aliphatic carboxylic acids is 1. The average molecular weight is 277 g/mol. The first-order valence-corrected chi connectivity index (χ1v) is 6.79. The van der Waals surface area contributed by atoms with Crippen LogP contribution in [0.3, 0.4) is 0 Å². The first-order chi connectivity index (χ1) is 9.60. The molecular formula is C15H19NO4. The van der Waals surface area contributed by atoms with E-state index < -0.39 is 11.5 Å². The second-order valence-electron chi connectivity index (χ2n) is 4.98. The standard InChI is InChI=1S/C15H19NO4/c1-2-15(14(18)19,12-6-4-3-5-7-12)16-13(17)11-8-9-20-10-11/h3-7,11H,2,8-10H2,1H3,(H,16,17)(H,18,19)/t11-,15+/m0/s1. The van der Waals surface area contributed by atoms with Gasteiger partial charge in [-0.05, 0) is 18.4 Å². The average Bonchev–Trinajstić information content (AvgIpc) is 2.99. The molecule has 0 spiro atoms. The molecule has 1 amide bonds. The lowest BCUT2D eigenvalue weighted by atomic mass is 9.86. The van der Waals surface area contributed by atoms with Crippen molar-refractivity contribution in [3.8, 4) is 0 Å². The van der Waals surface area contributed by atoms with Crippen LogP contribution in [0.5, 0.6) is 0 Å². The van der Waals surface area contributed by atoms with Crippen molar-refractivity contribution in [3.63, 3.8) is 0 Å². The molecule has 1 saturated heterocycles. The van der Waals surface area contributed by atoms with Gasteiger partial charge in [-0.1, -0.05) is 37.3 Å². The molecule has 5 nitrogen and oxygen atoms in total. The number of nitrogens with one attached hydrogen (secondary N) is 1. The second-order valence-corrected chi connectivity index (χ2v) is 4.98. The van der Waals surface area contributed by atoms with Crippen molar-refractivity contribution in [3.05, 3.63) is 35.9 Å². The third-order valence-electron chi connectivity index (χ3n) is 3.80. The Labute approximate surface area is 117 Å². The Morgan fingerprint density at radius 2 is 2.10 bits per heavy atom. The van der Waals surface area contributed by atoms with E-state index in [-0.39, 0.29) is 18.2 Å². The lowest BCUT2D eigenvalue weighted by Crippen LogP contribution is -2.53. The molecule has 0 aliphatic carbocycles. The number of hydrogen-bond acceptors (Lipinski definition) is 3. The van der Waals surface area contributed by atoms with Gasteiger partial charge in [-0.3, -0.25) is 4.79 Å².